The van der Waals surface area contributed by atoms with Crippen LogP contribution >= 0.6 is 0 Å². The predicted octanol–water partition coefficient (Wildman–Crippen LogP) is 0.517. The summed E-state index contributed by atoms with van der Waals surface area (Å²) in [7, 11) is 0. The van der Waals surface area contributed by atoms with E-state index in [1.807, 2.05) is 13.8 Å². The van der Waals surface area contributed by atoms with Gasteiger partial charge in [-0.3, -0.25) is 0 Å². The van der Waals surface area contributed by atoms with Crippen LogP contribution in [0.4, 0.5) is 0 Å². The lowest BCUT2D eigenvalue weighted by Gasteiger charge is -2.19. The van der Waals surface area contributed by atoms with Crippen molar-refractivity contribution in [1.82, 2.24) is 5.32 Å². The predicted molar refractivity (Wildman–Crippen MR) is 90.2 cm³/mol. The van der Waals surface area contributed by atoms with Crippen LogP contribution in [0.3, 0.4) is 0 Å². The summed E-state index contributed by atoms with van der Waals surface area (Å²) in [6.45, 7) is 3.47. The Balaban J connectivity index is 2.55. The third-order valence-electron chi connectivity index (χ3n) is 3.71. The molecule has 0 aliphatic rings. The molecule has 2 aromatic carbocycles. The Morgan fingerprint density at radius 2 is 1.19 bits per heavy atom. The molecule has 0 saturated heterocycles. The van der Waals surface area contributed by atoms with Crippen LogP contribution in [0.5, 0.6) is 46.0 Å². The summed E-state index contributed by atoms with van der Waals surface area (Å²) in [6.07, 6.45) is -1.04. The van der Waals surface area contributed by atoms with E-state index in [4.69, 9.17) is 4.74 Å². The largest absolute Gasteiger partial charge is 0.504 e. The third-order valence-corrected chi connectivity index (χ3v) is 3.71. The average Bonchev–Trinajstić information content (AvgIpc) is 2.59. The molecule has 2 aromatic rings. The SMILES string of the molecule is CC(C)NCC(O)COc1c(O)c(O)c(O)c2c(O)c(O)c(O)c(O)c12. The van der Waals surface area contributed by atoms with Crippen molar-refractivity contribution >= 4 is 10.8 Å². The maximum absolute atomic E-state index is 10.0. The molecule has 0 amide bonds. The van der Waals surface area contributed by atoms with Crippen molar-refractivity contribution in [2.45, 2.75) is 26.0 Å². The number of nitrogens with one attached hydrogen (secondary N) is 1. The molecular formula is C16H21NO9. The van der Waals surface area contributed by atoms with E-state index < -0.39 is 69.5 Å². The Morgan fingerprint density at radius 3 is 1.69 bits per heavy atom. The molecule has 0 aliphatic heterocycles. The van der Waals surface area contributed by atoms with E-state index in [0.29, 0.717) is 0 Å². The van der Waals surface area contributed by atoms with Crippen LogP contribution in [0.25, 0.3) is 10.8 Å². The number of benzene rings is 2. The Morgan fingerprint density at radius 1 is 0.731 bits per heavy atom. The number of ether oxygens (including phenoxy) is 1. The first-order valence-electron chi connectivity index (χ1n) is 7.68. The smallest absolute Gasteiger partial charge is 0.205 e. The Kier molecular flexibility index (Phi) is 5.28. The topological polar surface area (TPSA) is 183 Å². The highest BCUT2D eigenvalue weighted by Crippen LogP contribution is 2.59. The molecule has 0 saturated carbocycles. The molecule has 1 atom stereocenters. The fourth-order valence-corrected chi connectivity index (χ4v) is 2.36. The molecule has 26 heavy (non-hydrogen) atoms. The van der Waals surface area contributed by atoms with Crippen molar-refractivity contribution < 1.29 is 45.6 Å². The summed E-state index contributed by atoms with van der Waals surface area (Å²) < 4.78 is 5.24. The van der Waals surface area contributed by atoms with Gasteiger partial charge in [-0.1, -0.05) is 13.8 Å². The molecule has 9 N–H and O–H groups in total. The van der Waals surface area contributed by atoms with Gasteiger partial charge in [-0.15, -0.1) is 0 Å². The molecule has 2 rings (SSSR count). The number of phenolic OH excluding ortho intramolecular Hbond substituents is 7. The van der Waals surface area contributed by atoms with Crippen molar-refractivity contribution in [3.63, 3.8) is 0 Å². The summed E-state index contributed by atoms with van der Waals surface area (Å²) in [5.74, 6) is -8.03. The Bertz CT molecular complexity index is 827. The fraction of sp³-hybridized carbons (Fsp3) is 0.375. The summed E-state index contributed by atoms with van der Waals surface area (Å²) in [5.41, 5.74) is 0. The Hall–Kier alpha value is -2.98. The molecule has 0 spiro atoms. The van der Waals surface area contributed by atoms with Crippen LogP contribution < -0.4 is 10.1 Å². The average molecular weight is 371 g/mol. The van der Waals surface area contributed by atoms with Crippen molar-refractivity contribution in [3.05, 3.63) is 0 Å². The molecule has 10 nitrogen and oxygen atoms in total. The van der Waals surface area contributed by atoms with E-state index in [1.165, 1.54) is 0 Å². The number of aromatic hydroxyl groups is 7. The van der Waals surface area contributed by atoms with Crippen LogP contribution in [0.15, 0.2) is 0 Å². The summed E-state index contributed by atoms with van der Waals surface area (Å²) in [6, 6.07) is 0.0949. The van der Waals surface area contributed by atoms with Crippen molar-refractivity contribution in [2.75, 3.05) is 13.2 Å². The molecule has 0 fully saturated rings. The lowest BCUT2D eigenvalue weighted by atomic mass is 10.0. The first-order valence-corrected chi connectivity index (χ1v) is 7.68. The van der Waals surface area contributed by atoms with Crippen LogP contribution in [-0.4, -0.2) is 66.1 Å². The van der Waals surface area contributed by atoms with E-state index in [1.54, 1.807) is 0 Å². The number of aliphatic hydroxyl groups excluding tert-OH is 1. The highest BCUT2D eigenvalue weighted by Gasteiger charge is 2.29. The second-order valence-corrected chi connectivity index (χ2v) is 6.05. The van der Waals surface area contributed by atoms with E-state index in [-0.39, 0.29) is 12.6 Å². The van der Waals surface area contributed by atoms with E-state index in [2.05, 4.69) is 5.32 Å². The number of phenols is 7. The minimum absolute atomic E-state index is 0.0949. The van der Waals surface area contributed by atoms with Gasteiger partial charge < -0.3 is 50.9 Å². The second kappa shape index (κ2) is 7.10. The standard InChI is InChI=1S/C16H21NO9/c1-5(2)17-3-6(18)4-26-16-8-7(10(20)14(24)15(16)25)9(19)12(22)13(23)11(8)21/h5-6,17-25H,3-4H2,1-2H3. The summed E-state index contributed by atoms with van der Waals surface area (Å²) in [5, 5.41) is 80.6. The van der Waals surface area contributed by atoms with Gasteiger partial charge in [0.25, 0.3) is 0 Å². The fourth-order valence-electron chi connectivity index (χ4n) is 2.36. The van der Waals surface area contributed by atoms with E-state index in [0.717, 1.165) is 0 Å². The van der Waals surface area contributed by atoms with Gasteiger partial charge in [-0.2, -0.15) is 0 Å². The van der Waals surface area contributed by atoms with Crippen LogP contribution in [0, 0.1) is 0 Å². The second-order valence-electron chi connectivity index (χ2n) is 6.05. The van der Waals surface area contributed by atoms with Gasteiger partial charge >= 0.3 is 0 Å². The van der Waals surface area contributed by atoms with Gasteiger partial charge in [-0.25, -0.2) is 0 Å². The van der Waals surface area contributed by atoms with E-state index in [9.17, 15) is 40.9 Å². The normalized spacial score (nSPS) is 12.6. The zero-order valence-corrected chi connectivity index (χ0v) is 14.1. The highest BCUT2D eigenvalue weighted by atomic mass is 16.5. The van der Waals surface area contributed by atoms with Gasteiger partial charge in [0, 0.05) is 12.6 Å². The molecule has 1 unspecified atom stereocenters. The summed E-state index contributed by atoms with van der Waals surface area (Å²) >= 11 is 0. The minimum atomic E-state index is -1.14. The zero-order valence-electron chi connectivity index (χ0n) is 14.1. The molecule has 0 aliphatic carbocycles. The molecule has 144 valence electrons. The lowest BCUT2D eigenvalue weighted by Crippen LogP contribution is -2.35. The molecule has 0 radical (unpaired) electrons. The number of rotatable bonds is 6. The maximum Gasteiger partial charge on any atom is 0.205 e. The lowest BCUT2D eigenvalue weighted by molar-refractivity contribution is 0.103. The first kappa shape index (κ1) is 19.3. The number of hydrogen-bond acceptors (Lipinski definition) is 10. The molecule has 0 heterocycles. The molecular weight excluding hydrogens is 350 g/mol. The third kappa shape index (κ3) is 3.24. The summed E-state index contributed by atoms with van der Waals surface area (Å²) in [4.78, 5) is 0. The first-order chi connectivity index (χ1) is 12.1. The van der Waals surface area contributed by atoms with Gasteiger partial charge in [0.15, 0.2) is 23.0 Å². The van der Waals surface area contributed by atoms with Crippen LogP contribution in [0.1, 0.15) is 13.8 Å². The van der Waals surface area contributed by atoms with Gasteiger partial charge in [0.2, 0.25) is 23.0 Å². The van der Waals surface area contributed by atoms with Gasteiger partial charge in [0.1, 0.15) is 12.7 Å². The van der Waals surface area contributed by atoms with Crippen molar-refractivity contribution in [2.24, 2.45) is 0 Å². The highest BCUT2D eigenvalue weighted by molar-refractivity contribution is 6.08. The maximum atomic E-state index is 10.0. The zero-order chi connectivity index (χ0) is 19.8. The number of hydrogen-bond donors (Lipinski definition) is 9. The minimum Gasteiger partial charge on any atom is -0.504 e. The van der Waals surface area contributed by atoms with Crippen molar-refractivity contribution in [3.8, 4) is 46.0 Å². The Labute approximate surface area is 147 Å². The van der Waals surface area contributed by atoms with Crippen LogP contribution in [0.2, 0.25) is 0 Å². The van der Waals surface area contributed by atoms with Crippen LogP contribution in [-0.2, 0) is 0 Å². The van der Waals surface area contributed by atoms with E-state index >= 15 is 0 Å². The number of fused-ring (bicyclic) bond motifs is 1. The molecule has 0 bridgehead atoms. The quantitative estimate of drug-likeness (QED) is 0.256. The van der Waals surface area contributed by atoms with Gasteiger partial charge in [0.05, 0.1) is 10.8 Å². The monoisotopic (exact) mass is 371 g/mol. The number of aliphatic hydroxyl groups is 1. The molecule has 10 heteroatoms. The van der Waals surface area contributed by atoms with Gasteiger partial charge in [-0.05, 0) is 0 Å². The van der Waals surface area contributed by atoms with Crippen molar-refractivity contribution in [1.29, 1.82) is 0 Å². The molecule has 0 aromatic heterocycles.